The second-order valence-electron chi connectivity index (χ2n) is 6.10. The van der Waals surface area contributed by atoms with Crippen LogP contribution in [0.25, 0.3) is 0 Å². The Balaban J connectivity index is 1.81. The van der Waals surface area contributed by atoms with Crippen LogP contribution in [0.2, 0.25) is 0 Å². The number of alkyl halides is 2. The zero-order chi connectivity index (χ0) is 20.3. The van der Waals surface area contributed by atoms with Gasteiger partial charge in [-0.2, -0.15) is 13.9 Å². The summed E-state index contributed by atoms with van der Waals surface area (Å²) in [5, 5.41) is 7.28. The highest BCUT2D eigenvalue weighted by molar-refractivity contribution is 6.07. The summed E-state index contributed by atoms with van der Waals surface area (Å²) < 4.78 is 33.9. The van der Waals surface area contributed by atoms with E-state index in [9.17, 15) is 18.4 Å². The summed E-state index contributed by atoms with van der Waals surface area (Å²) in [6, 6.07) is 11.7. The van der Waals surface area contributed by atoms with E-state index in [1.807, 2.05) is 0 Å². The van der Waals surface area contributed by atoms with Gasteiger partial charge < -0.3 is 14.8 Å². The Hall–Kier alpha value is -3.49. The normalized spacial score (nSPS) is 19.4. The summed E-state index contributed by atoms with van der Waals surface area (Å²) in [5.74, 6) is -0.0386. The molecule has 1 atom stereocenters. The molecule has 1 heterocycles. The minimum absolute atomic E-state index is 0.0491. The molecular formula is C19H17F2N3O4. The number of benzene rings is 2. The van der Waals surface area contributed by atoms with Crippen LogP contribution in [-0.4, -0.2) is 36.9 Å². The van der Waals surface area contributed by atoms with Crippen molar-refractivity contribution in [2.75, 3.05) is 7.11 Å². The number of halogens is 2. The molecule has 3 rings (SSSR count). The predicted octanol–water partition coefficient (Wildman–Crippen LogP) is 3.10. The maximum absolute atomic E-state index is 12.8. The van der Waals surface area contributed by atoms with E-state index in [0.717, 1.165) is 5.01 Å². The molecule has 1 saturated heterocycles. The second kappa shape index (κ2) is 7.63. The molecule has 0 radical (unpaired) electrons. The molecule has 0 spiro atoms. The second-order valence-corrected chi connectivity index (χ2v) is 6.10. The number of methoxy groups -OCH3 is 1. The average molecular weight is 389 g/mol. The molecule has 0 aromatic heterocycles. The van der Waals surface area contributed by atoms with Crippen molar-refractivity contribution in [3.63, 3.8) is 0 Å². The Morgan fingerprint density at radius 1 is 1.14 bits per heavy atom. The zero-order valence-corrected chi connectivity index (χ0v) is 15.1. The van der Waals surface area contributed by atoms with Gasteiger partial charge in [-0.25, -0.2) is 4.79 Å². The largest absolute Gasteiger partial charge is 0.497 e. The van der Waals surface area contributed by atoms with Crippen LogP contribution in [0.5, 0.6) is 11.5 Å². The lowest BCUT2D eigenvalue weighted by Gasteiger charge is -2.21. The summed E-state index contributed by atoms with van der Waals surface area (Å²) in [5.41, 5.74) is -0.333. The lowest BCUT2D eigenvalue weighted by Crippen LogP contribution is -2.40. The number of carbonyl (C=O) groups is 2. The topological polar surface area (TPSA) is 80.2 Å². The number of hydrogen-bond donors (Lipinski definition) is 1. The Morgan fingerprint density at radius 2 is 1.86 bits per heavy atom. The van der Waals surface area contributed by atoms with E-state index in [4.69, 9.17) is 4.74 Å². The van der Waals surface area contributed by atoms with E-state index in [-0.39, 0.29) is 5.75 Å². The number of amides is 3. The Morgan fingerprint density at radius 3 is 2.50 bits per heavy atom. The van der Waals surface area contributed by atoms with Gasteiger partial charge in [0.25, 0.3) is 5.91 Å². The number of nitrogens with one attached hydrogen (secondary N) is 1. The van der Waals surface area contributed by atoms with Crippen LogP contribution in [-0.2, 0) is 10.3 Å². The molecule has 3 amide bonds. The summed E-state index contributed by atoms with van der Waals surface area (Å²) >= 11 is 0. The van der Waals surface area contributed by atoms with Crippen LogP contribution < -0.4 is 14.8 Å². The van der Waals surface area contributed by atoms with Crippen LogP contribution in [0.15, 0.2) is 53.6 Å². The van der Waals surface area contributed by atoms with Crippen molar-refractivity contribution in [2.24, 2.45) is 5.10 Å². The van der Waals surface area contributed by atoms with Crippen LogP contribution in [0.3, 0.4) is 0 Å². The third-order valence-electron chi connectivity index (χ3n) is 4.24. The molecule has 1 aliphatic heterocycles. The predicted molar refractivity (Wildman–Crippen MR) is 96.4 cm³/mol. The number of nitrogens with zero attached hydrogens (tertiary/aromatic N) is 2. The Labute approximate surface area is 159 Å². The zero-order valence-electron chi connectivity index (χ0n) is 15.1. The van der Waals surface area contributed by atoms with E-state index in [0.29, 0.717) is 16.9 Å². The van der Waals surface area contributed by atoms with E-state index >= 15 is 0 Å². The SMILES string of the molecule is COc1cccc(/C=N/N2C(=O)NC(C)(c3ccc(OC(F)F)cc3)C2=O)c1. The molecule has 1 aliphatic rings. The maximum atomic E-state index is 12.8. The number of hydrazone groups is 1. The smallest absolute Gasteiger partial charge is 0.387 e. The first-order valence-electron chi connectivity index (χ1n) is 8.23. The minimum Gasteiger partial charge on any atom is -0.497 e. The fourth-order valence-electron chi connectivity index (χ4n) is 2.74. The average Bonchev–Trinajstić information content (AvgIpc) is 2.89. The highest BCUT2D eigenvalue weighted by atomic mass is 19.3. The molecule has 2 aromatic carbocycles. The quantitative estimate of drug-likeness (QED) is 0.608. The fraction of sp³-hybridized carbons (Fsp3) is 0.211. The van der Waals surface area contributed by atoms with Gasteiger partial charge in [0, 0.05) is 0 Å². The monoisotopic (exact) mass is 389 g/mol. The van der Waals surface area contributed by atoms with Crippen LogP contribution in [0.4, 0.5) is 13.6 Å². The molecule has 1 fully saturated rings. The summed E-state index contributed by atoms with van der Waals surface area (Å²) in [6.07, 6.45) is 1.37. The lowest BCUT2D eigenvalue weighted by atomic mass is 9.92. The lowest BCUT2D eigenvalue weighted by molar-refractivity contribution is -0.131. The molecule has 1 N–H and O–H groups in total. The van der Waals surface area contributed by atoms with Gasteiger partial charge in [-0.3, -0.25) is 4.79 Å². The number of imide groups is 1. The van der Waals surface area contributed by atoms with Crippen molar-refractivity contribution in [3.8, 4) is 11.5 Å². The number of urea groups is 1. The summed E-state index contributed by atoms with van der Waals surface area (Å²) in [4.78, 5) is 25.1. The summed E-state index contributed by atoms with van der Waals surface area (Å²) in [6.45, 7) is -1.44. The first-order chi connectivity index (χ1) is 13.3. The number of rotatable bonds is 6. The third kappa shape index (κ3) is 3.78. The highest BCUT2D eigenvalue weighted by Crippen LogP contribution is 2.30. The van der Waals surface area contributed by atoms with Gasteiger partial charge in [0.2, 0.25) is 0 Å². The molecular weight excluding hydrogens is 372 g/mol. The molecule has 146 valence electrons. The van der Waals surface area contributed by atoms with E-state index in [1.165, 1.54) is 44.5 Å². The summed E-state index contributed by atoms with van der Waals surface area (Å²) in [7, 11) is 1.52. The molecule has 28 heavy (non-hydrogen) atoms. The van der Waals surface area contributed by atoms with E-state index < -0.39 is 24.1 Å². The molecule has 7 nitrogen and oxygen atoms in total. The van der Waals surface area contributed by atoms with Crippen molar-refractivity contribution < 1.29 is 27.8 Å². The van der Waals surface area contributed by atoms with Crippen LogP contribution in [0.1, 0.15) is 18.1 Å². The Kier molecular flexibility index (Phi) is 5.25. The molecule has 0 saturated carbocycles. The molecule has 2 aromatic rings. The third-order valence-corrected chi connectivity index (χ3v) is 4.24. The van der Waals surface area contributed by atoms with Gasteiger partial charge in [-0.05, 0) is 42.3 Å². The van der Waals surface area contributed by atoms with Gasteiger partial charge in [-0.15, -0.1) is 5.01 Å². The first kappa shape index (κ1) is 19.3. The maximum Gasteiger partial charge on any atom is 0.387 e. The van der Waals surface area contributed by atoms with Gasteiger partial charge in [0.05, 0.1) is 13.3 Å². The van der Waals surface area contributed by atoms with E-state index in [1.54, 1.807) is 24.3 Å². The molecule has 0 bridgehead atoms. The standard InChI is InChI=1S/C19H17F2N3O4/c1-19(13-6-8-14(9-7-13)28-17(20)21)16(25)24(18(26)23-19)22-11-12-4-3-5-15(10-12)27-2/h3-11,17H,1-2H3,(H,23,26)/b22-11+. The van der Waals surface area contributed by atoms with Gasteiger partial charge in [-0.1, -0.05) is 24.3 Å². The number of carbonyl (C=O) groups excluding carboxylic acids is 2. The molecule has 1 unspecified atom stereocenters. The fourth-order valence-corrected chi connectivity index (χ4v) is 2.74. The van der Waals surface area contributed by atoms with Crippen molar-refractivity contribution in [1.29, 1.82) is 0 Å². The van der Waals surface area contributed by atoms with Crippen molar-refractivity contribution in [1.82, 2.24) is 10.3 Å². The van der Waals surface area contributed by atoms with Gasteiger partial charge in [0.1, 0.15) is 17.0 Å². The van der Waals surface area contributed by atoms with Crippen molar-refractivity contribution in [2.45, 2.75) is 19.1 Å². The highest BCUT2D eigenvalue weighted by Gasteiger charge is 2.49. The van der Waals surface area contributed by atoms with Crippen LogP contribution >= 0.6 is 0 Å². The molecule has 0 aliphatic carbocycles. The Bertz CT molecular complexity index is 918. The number of hydrogen-bond acceptors (Lipinski definition) is 5. The minimum atomic E-state index is -2.95. The number of ether oxygens (including phenoxy) is 2. The van der Waals surface area contributed by atoms with Crippen molar-refractivity contribution >= 4 is 18.2 Å². The molecule has 9 heteroatoms. The van der Waals surface area contributed by atoms with Crippen molar-refractivity contribution in [3.05, 3.63) is 59.7 Å². The first-order valence-corrected chi connectivity index (χ1v) is 8.23. The van der Waals surface area contributed by atoms with Gasteiger partial charge >= 0.3 is 12.6 Å². The van der Waals surface area contributed by atoms with Crippen LogP contribution in [0, 0.1) is 0 Å². The van der Waals surface area contributed by atoms with E-state index in [2.05, 4.69) is 15.2 Å². The van der Waals surface area contributed by atoms with Gasteiger partial charge in [0.15, 0.2) is 0 Å².